The van der Waals surface area contributed by atoms with Gasteiger partial charge in [0.15, 0.2) is 0 Å². The van der Waals surface area contributed by atoms with Crippen LogP contribution in [0.4, 0.5) is 4.39 Å². The van der Waals surface area contributed by atoms with Crippen molar-refractivity contribution in [3.8, 4) is 11.5 Å². The van der Waals surface area contributed by atoms with Crippen LogP contribution in [0.5, 0.6) is 0 Å². The fourth-order valence-electron chi connectivity index (χ4n) is 1.57. The zero-order chi connectivity index (χ0) is 14.0. The van der Waals surface area contributed by atoms with Crippen LogP contribution in [0.1, 0.15) is 23.2 Å². The third-order valence-corrected chi connectivity index (χ3v) is 3.25. The zero-order valence-corrected chi connectivity index (χ0v) is 12.0. The van der Waals surface area contributed by atoms with Crippen LogP contribution >= 0.6 is 15.9 Å². The van der Waals surface area contributed by atoms with Crippen LogP contribution in [0.25, 0.3) is 11.5 Å². The molecule has 1 aromatic carbocycles. The Morgan fingerprint density at radius 2 is 2.26 bits per heavy atom. The normalized spacial score (nSPS) is 10.5. The number of oxazole rings is 1. The quantitative estimate of drug-likeness (QED) is 0.806. The summed E-state index contributed by atoms with van der Waals surface area (Å²) < 4.78 is 23.9. The molecule has 4 nitrogen and oxygen atoms in total. The summed E-state index contributed by atoms with van der Waals surface area (Å²) in [6.45, 7) is 3.58. The van der Waals surface area contributed by atoms with Crippen molar-refractivity contribution in [3.63, 3.8) is 0 Å². The monoisotopic (exact) mass is 327 g/mol. The maximum Gasteiger partial charge on any atom is 0.376 e. The first-order valence-electron chi connectivity index (χ1n) is 5.63. The molecule has 100 valence electrons. The molecule has 0 N–H and O–H groups in total. The number of benzene rings is 1. The average Bonchev–Trinajstić information content (AvgIpc) is 2.75. The molecule has 0 saturated carbocycles. The van der Waals surface area contributed by atoms with Gasteiger partial charge in [-0.2, -0.15) is 0 Å². The lowest BCUT2D eigenvalue weighted by atomic mass is 10.2. The van der Waals surface area contributed by atoms with Crippen molar-refractivity contribution in [1.29, 1.82) is 0 Å². The molecular weight excluding hydrogens is 317 g/mol. The first-order chi connectivity index (χ1) is 9.04. The maximum absolute atomic E-state index is 13.4. The number of carbonyl (C=O) groups excluding carboxylic acids is 1. The number of carbonyl (C=O) groups is 1. The highest BCUT2D eigenvalue weighted by atomic mass is 79.9. The molecule has 1 aromatic heterocycles. The van der Waals surface area contributed by atoms with E-state index in [2.05, 4.69) is 20.9 Å². The summed E-state index contributed by atoms with van der Waals surface area (Å²) in [6.07, 6.45) is 0. The van der Waals surface area contributed by atoms with E-state index in [4.69, 9.17) is 9.15 Å². The van der Waals surface area contributed by atoms with E-state index < -0.39 is 11.8 Å². The van der Waals surface area contributed by atoms with E-state index >= 15 is 0 Å². The van der Waals surface area contributed by atoms with Gasteiger partial charge >= 0.3 is 5.97 Å². The van der Waals surface area contributed by atoms with Crippen LogP contribution in [-0.4, -0.2) is 17.6 Å². The fraction of sp³-hybridized carbons (Fsp3) is 0.231. The van der Waals surface area contributed by atoms with Gasteiger partial charge < -0.3 is 9.15 Å². The molecule has 2 rings (SSSR count). The van der Waals surface area contributed by atoms with Crippen molar-refractivity contribution in [3.05, 3.63) is 39.9 Å². The minimum atomic E-state index is -0.578. The van der Waals surface area contributed by atoms with E-state index in [1.807, 2.05) is 0 Å². The molecular formula is C13H11BrFNO3. The van der Waals surface area contributed by atoms with Crippen LogP contribution in [0.2, 0.25) is 0 Å². The third-order valence-electron chi connectivity index (χ3n) is 2.44. The molecule has 2 aromatic rings. The lowest BCUT2D eigenvalue weighted by molar-refractivity contribution is 0.0490. The molecule has 0 bridgehead atoms. The maximum atomic E-state index is 13.4. The summed E-state index contributed by atoms with van der Waals surface area (Å²) in [5.74, 6) is -0.794. The molecule has 0 amide bonds. The van der Waals surface area contributed by atoms with Gasteiger partial charge in [0.05, 0.1) is 22.3 Å². The number of hydrogen-bond donors (Lipinski definition) is 0. The second kappa shape index (κ2) is 5.52. The molecule has 6 heteroatoms. The first-order valence-corrected chi connectivity index (χ1v) is 6.42. The number of hydrogen-bond acceptors (Lipinski definition) is 4. The predicted octanol–water partition coefficient (Wildman–Crippen LogP) is 3.73. The van der Waals surface area contributed by atoms with Gasteiger partial charge in [0.2, 0.25) is 11.7 Å². The van der Waals surface area contributed by atoms with Crippen molar-refractivity contribution in [2.45, 2.75) is 13.8 Å². The number of aromatic nitrogens is 1. The molecule has 0 unspecified atom stereocenters. The molecule has 0 fully saturated rings. The highest BCUT2D eigenvalue weighted by molar-refractivity contribution is 9.10. The summed E-state index contributed by atoms with van der Waals surface area (Å²) in [6, 6.07) is 4.50. The van der Waals surface area contributed by atoms with Crippen LogP contribution in [0.15, 0.2) is 27.1 Å². The van der Waals surface area contributed by atoms with E-state index in [0.29, 0.717) is 11.3 Å². The van der Waals surface area contributed by atoms with Crippen molar-refractivity contribution in [2.24, 2.45) is 0 Å². The summed E-state index contributed by atoms with van der Waals surface area (Å²) in [5.41, 5.74) is 0.850. The summed E-state index contributed by atoms with van der Waals surface area (Å²) in [4.78, 5) is 15.7. The lowest BCUT2D eigenvalue weighted by Crippen LogP contribution is -2.04. The van der Waals surface area contributed by atoms with E-state index in [0.717, 1.165) is 0 Å². The second-order valence-corrected chi connectivity index (χ2v) is 4.55. The SMILES string of the molecule is CCOC(=O)c1oc(-c2cccc(F)c2Br)nc1C. The minimum absolute atomic E-state index is 0.0352. The highest BCUT2D eigenvalue weighted by Gasteiger charge is 2.21. The number of ether oxygens (including phenoxy) is 1. The van der Waals surface area contributed by atoms with Crippen molar-refractivity contribution < 1.29 is 18.3 Å². The molecule has 0 spiro atoms. The van der Waals surface area contributed by atoms with Crippen LogP contribution in [-0.2, 0) is 4.74 Å². The molecule has 0 aliphatic heterocycles. The third kappa shape index (κ3) is 2.68. The van der Waals surface area contributed by atoms with E-state index in [1.54, 1.807) is 26.0 Å². The Hall–Kier alpha value is -1.69. The standard InChI is InChI=1S/C13H11BrFNO3/c1-3-18-13(17)11-7(2)16-12(19-11)8-5-4-6-9(15)10(8)14/h4-6H,3H2,1-2H3. The zero-order valence-electron chi connectivity index (χ0n) is 10.4. The van der Waals surface area contributed by atoms with Crippen molar-refractivity contribution in [2.75, 3.05) is 6.61 Å². The Morgan fingerprint density at radius 1 is 1.53 bits per heavy atom. The largest absolute Gasteiger partial charge is 0.460 e. The van der Waals surface area contributed by atoms with Gasteiger partial charge in [0.1, 0.15) is 5.82 Å². The summed E-state index contributed by atoms with van der Waals surface area (Å²) in [5, 5.41) is 0. The smallest absolute Gasteiger partial charge is 0.376 e. The van der Waals surface area contributed by atoms with E-state index in [9.17, 15) is 9.18 Å². The molecule has 1 heterocycles. The highest BCUT2D eigenvalue weighted by Crippen LogP contribution is 2.31. The Kier molecular flexibility index (Phi) is 3.99. The van der Waals surface area contributed by atoms with E-state index in [-0.39, 0.29) is 22.7 Å². The number of esters is 1. The molecule has 0 radical (unpaired) electrons. The Balaban J connectivity index is 2.45. The van der Waals surface area contributed by atoms with Gasteiger partial charge in [-0.3, -0.25) is 0 Å². The molecule has 19 heavy (non-hydrogen) atoms. The van der Waals surface area contributed by atoms with E-state index in [1.165, 1.54) is 6.07 Å². The lowest BCUT2D eigenvalue weighted by Gasteiger charge is -2.00. The van der Waals surface area contributed by atoms with Gasteiger partial charge in [-0.05, 0) is 41.9 Å². The molecule has 0 saturated heterocycles. The van der Waals surface area contributed by atoms with Gasteiger partial charge in [0.25, 0.3) is 0 Å². The second-order valence-electron chi connectivity index (χ2n) is 3.76. The molecule has 0 aliphatic carbocycles. The van der Waals surface area contributed by atoms with Gasteiger partial charge in [-0.25, -0.2) is 14.2 Å². The Morgan fingerprint density at radius 3 is 2.95 bits per heavy atom. The number of rotatable bonds is 3. The van der Waals surface area contributed by atoms with Gasteiger partial charge in [-0.15, -0.1) is 0 Å². The Bertz CT molecular complexity index is 624. The summed E-state index contributed by atoms with van der Waals surface area (Å²) >= 11 is 3.13. The predicted molar refractivity (Wildman–Crippen MR) is 70.3 cm³/mol. The van der Waals surface area contributed by atoms with Crippen LogP contribution in [0, 0.1) is 12.7 Å². The first kappa shape index (κ1) is 13.7. The van der Waals surface area contributed by atoms with Gasteiger partial charge in [0, 0.05) is 0 Å². The Labute approximate surface area is 117 Å². The topological polar surface area (TPSA) is 52.3 Å². The fourth-order valence-corrected chi connectivity index (χ4v) is 2.00. The van der Waals surface area contributed by atoms with Gasteiger partial charge in [-0.1, -0.05) is 6.07 Å². The number of nitrogens with zero attached hydrogens (tertiary/aromatic N) is 1. The van der Waals surface area contributed by atoms with Crippen molar-refractivity contribution >= 4 is 21.9 Å². The van der Waals surface area contributed by atoms with Crippen molar-refractivity contribution in [1.82, 2.24) is 4.98 Å². The van der Waals surface area contributed by atoms with Crippen LogP contribution < -0.4 is 0 Å². The molecule has 0 aliphatic rings. The molecule has 0 atom stereocenters. The summed E-state index contributed by atoms with van der Waals surface area (Å²) in [7, 11) is 0. The minimum Gasteiger partial charge on any atom is -0.460 e. The number of halogens is 2. The average molecular weight is 328 g/mol. The van der Waals surface area contributed by atoms with Crippen LogP contribution in [0.3, 0.4) is 0 Å². The number of aryl methyl sites for hydroxylation is 1.